The van der Waals surface area contributed by atoms with Gasteiger partial charge in [-0.25, -0.2) is 0 Å². The summed E-state index contributed by atoms with van der Waals surface area (Å²) in [5, 5.41) is 0. The van der Waals surface area contributed by atoms with Gasteiger partial charge in [0.15, 0.2) is 0 Å². The summed E-state index contributed by atoms with van der Waals surface area (Å²) in [5.74, 6) is 1.68. The molecule has 0 aromatic heterocycles. The van der Waals surface area contributed by atoms with Crippen LogP contribution in [0.3, 0.4) is 0 Å². The maximum atomic E-state index is 12.8. The average molecular weight is 345 g/mol. The molecule has 1 saturated heterocycles. The van der Waals surface area contributed by atoms with Gasteiger partial charge < -0.3 is 19.1 Å². The molecular weight excluding hydrogens is 318 g/mol. The Morgan fingerprint density at radius 2 is 2.00 bits per heavy atom. The molecule has 1 amide bonds. The third kappa shape index (κ3) is 4.15. The Hall–Kier alpha value is -1.59. The fraction of sp³-hybridized carbons (Fsp3) is 0.650. The van der Waals surface area contributed by atoms with Gasteiger partial charge in [0.25, 0.3) is 0 Å². The summed E-state index contributed by atoms with van der Waals surface area (Å²) in [4.78, 5) is 14.7. The lowest BCUT2D eigenvalue weighted by atomic mass is 10.1. The van der Waals surface area contributed by atoms with Crippen LogP contribution in [0.1, 0.15) is 32.1 Å². The Bertz CT molecular complexity index is 574. The lowest BCUT2D eigenvalue weighted by Gasteiger charge is -2.31. The van der Waals surface area contributed by atoms with Gasteiger partial charge in [-0.3, -0.25) is 4.79 Å². The zero-order valence-corrected chi connectivity index (χ0v) is 14.6. The van der Waals surface area contributed by atoms with E-state index in [-0.39, 0.29) is 24.2 Å². The van der Waals surface area contributed by atoms with Crippen molar-refractivity contribution >= 4 is 5.91 Å². The zero-order chi connectivity index (χ0) is 17.1. The molecule has 2 bridgehead atoms. The van der Waals surface area contributed by atoms with Gasteiger partial charge in [0.2, 0.25) is 5.91 Å². The number of ether oxygens (including phenoxy) is 3. The van der Waals surface area contributed by atoms with Crippen molar-refractivity contribution in [1.82, 2.24) is 4.90 Å². The Labute approximate surface area is 149 Å². The van der Waals surface area contributed by atoms with Gasteiger partial charge in [0, 0.05) is 13.2 Å². The number of benzene rings is 1. The number of carbonyl (C=O) groups excluding carboxylic acids is 1. The summed E-state index contributed by atoms with van der Waals surface area (Å²) in [6.07, 6.45) is 5.12. The minimum atomic E-state index is 0.0436. The lowest BCUT2D eigenvalue weighted by molar-refractivity contribution is -0.136. The van der Waals surface area contributed by atoms with Crippen LogP contribution in [-0.4, -0.2) is 55.4 Å². The SMILES string of the molecule is O=C(CCOc1ccccc1)N1CCO[C@H]2CC[C@H]1[C@H]2OCC1CC1. The van der Waals surface area contributed by atoms with Crippen LogP contribution < -0.4 is 4.74 Å². The number of rotatable bonds is 7. The average Bonchev–Trinajstić information content (AvgIpc) is 3.38. The van der Waals surface area contributed by atoms with Crippen LogP contribution in [0, 0.1) is 5.92 Å². The van der Waals surface area contributed by atoms with Crippen molar-refractivity contribution in [3.8, 4) is 5.75 Å². The molecule has 5 nitrogen and oxygen atoms in total. The van der Waals surface area contributed by atoms with Gasteiger partial charge in [-0.2, -0.15) is 0 Å². The molecular formula is C20H27NO4. The van der Waals surface area contributed by atoms with E-state index in [9.17, 15) is 4.79 Å². The smallest absolute Gasteiger partial charge is 0.226 e. The summed E-state index contributed by atoms with van der Waals surface area (Å²) in [6.45, 7) is 2.49. The predicted molar refractivity (Wildman–Crippen MR) is 93.5 cm³/mol. The minimum absolute atomic E-state index is 0.0436. The Kier molecular flexibility index (Phi) is 5.22. The molecule has 0 N–H and O–H groups in total. The van der Waals surface area contributed by atoms with Gasteiger partial charge in [-0.05, 0) is 43.7 Å². The van der Waals surface area contributed by atoms with Crippen LogP contribution in [0.25, 0.3) is 0 Å². The molecule has 1 heterocycles. The quantitative estimate of drug-likeness (QED) is 0.762. The Morgan fingerprint density at radius 3 is 2.80 bits per heavy atom. The third-order valence-electron chi connectivity index (χ3n) is 5.43. The largest absolute Gasteiger partial charge is 0.493 e. The molecule has 3 aliphatic rings. The van der Waals surface area contributed by atoms with Crippen LogP contribution in [0.15, 0.2) is 30.3 Å². The first kappa shape index (κ1) is 16.9. The number of hydrogen-bond acceptors (Lipinski definition) is 4. The molecule has 2 aliphatic carbocycles. The Morgan fingerprint density at radius 1 is 1.16 bits per heavy atom. The second kappa shape index (κ2) is 7.75. The van der Waals surface area contributed by atoms with Crippen molar-refractivity contribution in [3.63, 3.8) is 0 Å². The molecule has 1 aromatic carbocycles. The van der Waals surface area contributed by atoms with E-state index in [2.05, 4.69) is 0 Å². The van der Waals surface area contributed by atoms with Crippen molar-refractivity contribution in [2.45, 2.75) is 50.4 Å². The summed E-state index contributed by atoms with van der Waals surface area (Å²) < 4.78 is 17.8. The minimum Gasteiger partial charge on any atom is -0.493 e. The molecule has 5 heteroatoms. The number of carbonyl (C=O) groups is 1. The standard InChI is InChI=1S/C20H27NO4/c22-19(10-12-23-16-4-2-1-3-5-16)21-11-13-24-18-9-8-17(21)20(18)25-14-15-6-7-15/h1-5,15,17-18,20H,6-14H2/t17-,18-,20+/m0/s1. The van der Waals surface area contributed by atoms with E-state index < -0.39 is 0 Å². The van der Waals surface area contributed by atoms with Gasteiger partial charge in [-0.15, -0.1) is 0 Å². The van der Waals surface area contributed by atoms with Crippen molar-refractivity contribution < 1.29 is 19.0 Å². The third-order valence-corrected chi connectivity index (χ3v) is 5.43. The molecule has 0 spiro atoms. The van der Waals surface area contributed by atoms with Gasteiger partial charge in [0.05, 0.1) is 31.8 Å². The van der Waals surface area contributed by atoms with Crippen molar-refractivity contribution in [2.75, 3.05) is 26.4 Å². The van der Waals surface area contributed by atoms with Crippen LogP contribution in [-0.2, 0) is 14.3 Å². The highest BCUT2D eigenvalue weighted by molar-refractivity contribution is 5.77. The topological polar surface area (TPSA) is 48.0 Å². The Balaban J connectivity index is 1.32. The molecule has 3 fully saturated rings. The maximum absolute atomic E-state index is 12.8. The fourth-order valence-electron chi connectivity index (χ4n) is 3.87. The zero-order valence-electron chi connectivity index (χ0n) is 14.6. The summed E-state index contributed by atoms with van der Waals surface area (Å²) in [5.41, 5.74) is 0. The number of nitrogens with zero attached hydrogens (tertiary/aromatic N) is 1. The number of amides is 1. The summed E-state index contributed by atoms with van der Waals surface area (Å²) >= 11 is 0. The molecule has 0 unspecified atom stereocenters. The highest BCUT2D eigenvalue weighted by atomic mass is 16.5. The second-order valence-electron chi connectivity index (χ2n) is 7.29. The van der Waals surface area contributed by atoms with E-state index in [1.54, 1.807) is 0 Å². The molecule has 136 valence electrons. The number of hydrogen-bond donors (Lipinski definition) is 0. The van der Waals surface area contributed by atoms with Gasteiger partial charge >= 0.3 is 0 Å². The van der Waals surface area contributed by atoms with Crippen LogP contribution >= 0.6 is 0 Å². The van der Waals surface area contributed by atoms with Gasteiger partial charge in [-0.1, -0.05) is 18.2 Å². The van der Waals surface area contributed by atoms with Crippen molar-refractivity contribution in [3.05, 3.63) is 30.3 Å². The van der Waals surface area contributed by atoms with Crippen LogP contribution in [0.5, 0.6) is 5.75 Å². The summed E-state index contributed by atoms with van der Waals surface area (Å²) in [7, 11) is 0. The lowest BCUT2D eigenvalue weighted by Crippen LogP contribution is -2.47. The van der Waals surface area contributed by atoms with Crippen molar-refractivity contribution in [1.29, 1.82) is 0 Å². The molecule has 1 aliphatic heterocycles. The molecule has 3 atom stereocenters. The van der Waals surface area contributed by atoms with Crippen molar-refractivity contribution in [2.24, 2.45) is 5.92 Å². The van der Waals surface area contributed by atoms with Crippen LogP contribution in [0.4, 0.5) is 0 Å². The molecule has 2 saturated carbocycles. The van der Waals surface area contributed by atoms with E-state index in [4.69, 9.17) is 14.2 Å². The normalized spacial score (nSPS) is 28.6. The van der Waals surface area contributed by atoms with Gasteiger partial charge in [0.1, 0.15) is 11.9 Å². The molecule has 4 rings (SSSR count). The molecule has 0 radical (unpaired) electrons. The highest BCUT2D eigenvalue weighted by Gasteiger charge is 2.45. The van der Waals surface area contributed by atoms with E-state index in [0.29, 0.717) is 26.2 Å². The first-order valence-electron chi connectivity index (χ1n) is 9.52. The molecule has 25 heavy (non-hydrogen) atoms. The predicted octanol–water partition coefficient (Wildman–Crippen LogP) is 2.64. The van der Waals surface area contributed by atoms with E-state index in [0.717, 1.165) is 31.1 Å². The maximum Gasteiger partial charge on any atom is 0.226 e. The molecule has 1 aromatic rings. The van der Waals surface area contributed by atoms with E-state index >= 15 is 0 Å². The number of para-hydroxylation sites is 1. The summed E-state index contributed by atoms with van der Waals surface area (Å²) in [6, 6.07) is 9.80. The van der Waals surface area contributed by atoms with E-state index in [1.165, 1.54) is 12.8 Å². The van der Waals surface area contributed by atoms with Crippen LogP contribution in [0.2, 0.25) is 0 Å². The first-order valence-corrected chi connectivity index (χ1v) is 9.52. The fourth-order valence-corrected chi connectivity index (χ4v) is 3.87. The van der Waals surface area contributed by atoms with E-state index in [1.807, 2.05) is 35.2 Å². The second-order valence-corrected chi connectivity index (χ2v) is 7.29. The monoisotopic (exact) mass is 345 g/mol. The first-order chi connectivity index (χ1) is 12.3. The highest BCUT2D eigenvalue weighted by Crippen LogP contribution is 2.35. The number of fused-ring (bicyclic) bond motifs is 2.